The summed E-state index contributed by atoms with van der Waals surface area (Å²) in [5.41, 5.74) is 11.4. The van der Waals surface area contributed by atoms with Gasteiger partial charge in [-0.15, -0.1) is 11.8 Å². The second-order valence-corrected chi connectivity index (χ2v) is 5.84. The van der Waals surface area contributed by atoms with E-state index in [1.54, 1.807) is 11.8 Å². The van der Waals surface area contributed by atoms with Crippen LogP contribution in [0.1, 0.15) is 18.5 Å². The molecule has 1 aromatic carbocycles. The minimum atomic E-state index is 0.563. The van der Waals surface area contributed by atoms with Crippen LogP contribution < -0.4 is 0 Å². The number of azide groups is 1. The first-order chi connectivity index (χ1) is 10.4. The van der Waals surface area contributed by atoms with Crippen molar-refractivity contribution in [3.05, 3.63) is 46.5 Å². The molecule has 0 aliphatic carbocycles. The smallest absolute Gasteiger partial charge is 0.106 e. The average molecular weight is 319 g/mol. The third-order valence-corrected chi connectivity index (χ3v) is 4.50. The van der Waals surface area contributed by atoms with E-state index < -0.39 is 0 Å². The summed E-state index contributed by atoms with van der Waals surface area (Å²) in [6.45, 7) is 0.563. The van der Waals surface area contributed by atoms with E-state index in [4.69, 9.17) is 5.53 Å². The number of benzene rings is 1. The van der Waals surface area contributed by atoms with Crippen LogP contribution in [0.2, 0.25) is 0 Å². The van der Waals surface area contributed by atoms with Gasteiger partial charge >= 0.3 is 0 Å². The molecule has 0 unspecified atom stereocenters. The Morgan fingerprint density at radius 1 is 1.29 bits per heavy atom. The predicted octanol–water partition coefficient (Wildman–Crippen LogP) is 4.69. The van der Waals surface area contributed by atoms with Crippen molar-refractivity contribution in [3.63, 3.8) is 0 Å². The third kappa shape index (κ3) is 4.46. The molecule has 5 nitrogen and oxygen atoms in total. The summed E-state index contributed by atoms with van der Waals surface area (Å²) in [5.74, 6) is 1.61. The van der Waals surface area contributed by atoms with Crippen LogP contribution in [0, 0.1) is 0 Å². The summed E-state index contributed by atoms with van der Waals surface area (Å²) >= 11 is 6.14. The molecule has 1 aromatic heterocycles. The zero-order chi connectivity index (χ0) is 14.9. The predicted molar refractivity (Wildman–Crippen MR) is 90.7 cm³/mol. The van der Waals surface area contributed by atoms with Crippen molar-refractivity contribution in [2.75, 3.05) is 12.3 Å². The van der Waals surface area contributed by atoms with E-state index in [2.05, 4.69) is 45.0 Å². The number of rotatable bonds is 8. The molecule has 2 rings (SSSR count). The van der Waals surface area contributed by atoms with Gasteiger partial charge in [0.2, 0.25) is 0 Å². The maximum absolute atomic E-state index is 8.24. The lowest BCUT2D eigenvalue weighted by atomic mass is 10.1. The minimum Gasteiger partial charge on any atom is -0.280 e. The highest BCUT2D eigenvalue weighted by molar-refractivity contribution is 7.99. The quantitative estimate of drug-likeness (QED) is 0.185. The van der Waals surface area contributed by atoms with Crippen molar-refractivity contribution in [2.45, 2.75) is 23.5 Å². The molecule has 0 saturated heterocycles. The van der Waals surface area contributed by atoms with Gasteiger partial charge < -0.3 is 0 Å². The number of aromatic amines is 1. The summed E-state index contributed by atoms with van der Waals surface area (Å²) in [5, 5.41) is 11.0. The Bertz CT molecular complexity index is 605. The van der Waals surface area contributed by atoms with Crippen LogP contribution in [0.5, 0.6) is 0 Å². The molecule has 0 amide bonds. The standard InChI is InChI=1S/C14H17N5S2/c15-19-16-8-4-5-9-21-14-12(10-20)17-18-13(14)11-6-2-1-3-7-11/h1-3,6-7,20H,4-5,8-10H2,(H,17,18). The first kappa shape index (κ1) is 15.8. The summed E-state index contributed by atoms with van der Waals surface area (Å²) in [7, 11) is 0. The van der Waals surface area contributed by atoms with Gasteiger partial charge in [0.25, 0.3) is 0 Å². The lowest BCUT2D eigenvalue weighted by Gasteiger charge is -2.04. The topological polar surface area (TPSA) is 77.4 Å². The number of nitrogens with one attached hydrogen (secondary N) is 1. The van der Waals surface area contributed by atoms with Gasteiger partial charge in [0.15, 0.2) is 0 Å². The van der Waals surface area contributed by atoms with E-state index in [-0.39, 0.29) is 0 Å². The molecule has 0 fully saturated rings. The lowest BCUT2D eigenvalue weighted by Crippen LogP contribution is -1.87. The van der Waals surface area contributed by atoms with E-state index in [0.717, 1.165) is 35.5 Å². The number of aromatic nitrogens is 2. The molecular formula is C14H17N5S2. The Morgan fingerprint density at radius 3 is 2.81 bits per heavy atom. The molecular weight excluding hydrogens is 302 g/mol. The highest BCUT2D eigenvalue weighted by atomic mass is 32.2. The summed E-state index contributed by atoms with van der Waals surface area (Å²) in [6.07, 6.45) is 1.92. The Balaban J connectivity index is 2.03. The molecule has 0 bridgehead atoms. The molecule has 0 aliphatic heterocycles. The van der Waals surface area contributed by atoms with E-state index in [1.807, 2.05) is 18.2 Å². The first-order valence-electron chi connectivity index (χ1n) is 6.74. The van der Waals surface area contributed by atoms with Crippen molar-refractivity contribution in [1.82, 2.24) is 10.2 Å². The Labute approximate surface area is 133 Å². The number of thiol groups is 1. The van der Waals surface area contributed by atoms with Crippen LogP contribution in [0.25, 0.3) is 21.7 Å². The maximum atomic E-state index is 8.24. The van der Waals surface area contributed by atoms with E-state index in [0.29, 0.717) is 12.3 Å². The highest BCUT2D eigenvalue weighted by Gasteiger charge is 2.14. The first-order valence-corrected chi connectivity index (χ1v) is 8.35. The van der Waals surface area contributed by atoms with Crippen molar-refractivity contribution >= 4 is 24.4 Å². The Kier molecular flexibility index (Phi) is 6.53. The average Bonchev–Trinajstić information content (AvgIpc) is 2.94. The molecule has 1 heterocycles. The third-order valence-electron chi connectivity index (χ3n) is 2.96. The SMILES string of the molecule is [N-]=[N+]=NCCCCSc1c(-c2ccccc2)n[nH]c1CS. The Hall–Kier alpha value is -1.56. The molecule has 2 aromatic rings. The normalized spacial score (nSPS) is 10.3. The number of unbranched alkanes of at least 4 members (excludes halogenated alkanes) is 1. The monoisotopic (exact) mass is 319 g/mol. The zero-order valence-electron chi connectivity index (χ0n) is 11.6. The molecule has 0 radical (unpaired) electrons. The van der Waals surface area contributed by atoms with E-state index in [9.17, 15) is 0 Å². The molecule has 0 atom stereocenters. The zero-order valence-corrected chi connectivity index (χ0v) is 13.3. The van der Waals surface area contributed by atoms with Crippen LogP contribution in [0.15, 0.2) is 40.3 Å². The fourth-order valence-corrected chi connectivity index (χ4v) is 3.41. The minimum absolute atomic E-state index is 0.563. The fourth-order valence-electron chi connectivity index (χ4n) is 1.93. The van der Waals surface area contributed by atoms with E-state index >= 15 is 0 Å². The molecule has 110 valence electrons. The van der Waals surface area contributed by atoms with Gasteiger partial charge in [-0.3, -0.25) is 5.10 Å². The molecule has 0 saturated carbocycles. The number of nitrogens with zero attached hydrogens (tertiary/aromatic N) is 4. The van der Waals surface area contributed by atoms with Crippen LogP contribution in [-0.2, 0) is 5.75 Å². The summed E-state index contributed by atoms with van der Waals surface area (Å²) < 4.78 is 0. The highest BCUT2D eigenvalue weighted by Crippen LogP contribution is 2.33. The Morgan fingerprint density at radius 2 is 2.10 bits per heavy atom. The number of hydrogen-bond donors (Lipinski definition) is 2. The maximum Gasteiger partial charge on any atom is 0.106 e. The fraction of sp³-hybridized carbons (Fsp3) is 0.357. The number of H-pyrrole nitrogens is 1. The van der Waals surface area contributed by atoms with Crippen molar-refractivity contribution in [1.29, 1.82) is 0 Å². The molecule has 0 aliphatic rings. The van der Waals surface area contributed by atoms with Crippen LogP contribution in [0.3, 0.4) is 0 Å². The molecule has 0 spiro atoms. The van der Waals surface area contributed by atoms with Gasteiger partial charge in [0.1, 0.15) is 5.69 Å². The van der Waals surface area contributed by atoms with Gasteiger partial charge in [-0.05, 0) is 24.1 Å². The second kappa shape index (κ2) is 8.67. The van der Waals surface area contributed by atoms with Crippen LogP contribution >= 0.6 is 24.4 Å². The van der Waals surface area contributed by atoms with Gasteiger partial charge in [-0.25, -0.2) is 0 Å². The lowest BCUT2D eigenvalue weighted by molar-refractivity contribution is 0.809. The van der Waals surface area contributed by atoms with Gasteiger partial charge in [-0.1, -0.05) is 35.4 Å². The van der Waals surface area contributed by atoms with E-state index in [1.165, 1.54) is 4.90 Å². The van der Waals surface area contributed by atoms with Crippen molar-refractivity contribution < 1.29 is 0 Å². The van der Waals surface area contributed by atoms with Gasteiger partial charge in [-0.2, -0.15) is 17.7 Å². The number of hydrogen-bond acceptors (Lipinski definition) is 4. The molecule has 21 heavy (non-hydrogen) atoms. The molecule has 7 heteroatoms. The van der Waals surface area contributed by atoms with Crippen LogP contribution in [0.4, 0.5) is 0 Å². The second-order valence-electron chi connectivity index (χ2n) is 4.41. The van der Waals surface area contributed by atoms with Crippen molar-refractivity contribution in [2.24, 2.45) is 5.11 Å². The summed E-state index contributed by atoms with van der Waals surface area (Å²) in [6, 6.07) is 10.1. The van der Waals surface area contributed by atoms with Crippen molar-refractivity contribution in [3.8, 4) is 11.3 Å². The molecule has 1 N–H and O–H groups in total. The summed E-state index contributed by atoms with van der Waals surface area (Å²) in [4.78, 5) is 3.92. The van der Waals surface area contributed by atoms with Crippen LogP contribution in [-0.4, -0.2) is 22.5 Å². The van der Waals surface area contributed by atoms with Gasteiger partial charge in [0.05, 0.1) is 10.6 Å². The number of thioether (sulfide) groups is 1. The van der Waals surface area contributed by atoms with Gasteiger partial charge in [0, 0.05) is 22.8 Å². The largest absolute Gasteiger partial charge is 0.280 e.